The second kappa shape index (κ2) is 6.31. The average Bonchev–Trinajstić information content (AvgIpc) is 2.46. The molecule has 2 rings (SSSR count). The first-order valence-corrected chi connectivity index (χ1v) is 6.78. The predicted molar refractivity (Wildman–Crippen MR) is 83.9 cm³/mol. The van der Waals surface area contributed by atoms with Crippen molar-refractivity contribution < 1.29 is 9.94 Å². The molecule has 2 aromatic carbocycles. The van der Waals surface area contributed by atoms with Gasteiger partial charge in [0.2, 0.25) is 0 Å². The summed E-state index contributed by atoms with van der Waals surface area (Å²) in [5, 5.41) is 11.6. The lowest BCUT2D eigenvalue weighted by Crippen LogP contribution is -2.12. The van der Waals surface area contributed by atoms with Crippen molar-refractivity contribution in [3.05, 3.63) is 64.2 Å². The fraction of sp³-hybridized carbons (Fsp3) is 0.235. The van der Waals surface area contributed by atoms with Crippen molar-refractivity contribution in [2.45, 2.75) is 27.4 Å². The van der Waals surface area contributed by atoms with Gasteiger partial charge in [0.05, 0.1) is 0 Å². The van der Waals surface area contributed by atoms with E-state index in [1.54, 1.807) is 12.1 Å². The van der Waals surface area contributed by atoms with E-state index in [0.29, 0.717) is 12.2 Å². The molecule has 0 radical (unpaired) electrons. The normalized spacial score (nSPS) is 11.5. The van der Waals surface area contributed by atoms with E-state index >= 15 is 0 Å². The highest BCUT2D eigenvalue weighted by Gasteiger charge is 2.05. The minimum absolute atomic E-state index is 0.0896. The van der Waals surface area contributed by atoms with Crippen LogP contribution in [0.1, 0.15) is 27.8 Å². The van der Waals surface area contributed by atoms with Crippen LogP contribution < -0.4 is 10.5 Å². The molecule has 0 atom stereocenters. The maximum atomic E-state index is 8.62. The molecule has 110 valence electrons. The summed E-state index contributed by atoms with van der Waals surface area (Å²) in [4.78, 5) is 0. The molecule has 4 nitrogen and oxygen atoms in total. The van der Waals surface area contributed by atoms with Crippen molar-refractivity contribution in [2.24, 2.45) is 10.9 Å². The maximum absolute atomic E-state index is 8.62. The Balaban J connectivity index is 2.10. The van der Waals surface area contributed by atoms with Gasteiger partial charge >= 0.3 is 0 Å². The minimum Gasteiger partial charge on any atom is -0.489 e. The predicted octanol–water partition coefficient (Wildman–Crippen LogP) is 3.29. The zero-order chi connectivity index (χ0) is 15.4. The van der Waals surface area contributed by atoms with Gasteiger partial charge in [-0.3, -0.25) is 0 Å². The SMILES string of the molecule is Cc1cc(C)c(COc2ccc(C(N)=NO)cc2)c(C)c1. The van der Waals surface area contributed by atoms with Crippen LogP contribution in [-0.2, 0) is 6.61 Å². The van der Waals surface area contributed by atoms with Crippen molar-refractivity contribution in [2.75, 3.05) is 0 Å². The van der Waals surface area contributed by atoms with Gasteiger partial charge in [0.15, 0.2) is 5.84 Å². The molecule has 0 aliphatic carbocycles. The quantitative estimate of drug-likeness (QED) is 0.392. The molecule has 0 saturated heterocycles. The molecule has 0 aliphatic heterocycles. The van der Waals surface area contributed by atoms with Gasteiger partial charge in [0.25, 0.3) is 0 Å². The van der Waals surface area contributed by atoms with Gasteiger partial charge in [0, 0.05) is 5.56 Å². The molecule has 3 N–H and O–H groups in total. The molecule has 2 aromatic rings. The lowest BCUT2D eigenvalue weighted by molar-refractivity contribution is 0.304. The van der Waals surface area contributed by atoms with Crippen molar-refractivity contribution >= 4 is 5.84 Å². The largest absolute Gasteiger partial charge is 0.489 e. The third-order valence-corrected chi connectivity index (χ3v) is 3.48. The summed E-state index contributed by atoms with van der Waals surface area (Å²) in [6.45, 7) is 6.82. The summed E-state index contributed by atoms with van der Waals surface area (Å²) < 4.78 is 5.82. The topological polar surface area (TPSA) is 67.8 Å². The van der Waals surface area contributed by atoms with E-state index in [1.165, 1.54) is 22.3 Å². The van der Waals surface area contributed by atoms with Crippen LogP contribution in [0.25, 0.3) is 0 Å². The van der Waals surface area contributed by atoms with E-state index < -0.39 is 0 Å². The average molecular weight is 284 g/mol. The first-order valence-electron chi connectivity index (χ1n) is 6.78. The molecule has 0 aliphatic rings. The van der Waals surface area contributed by atoms with Crippen LogP contribution >= 0.6 is 0 Å². The van der Waals surface area contributed by atoms with Gasteiger partial charge in [-0.25, -0.2) is 0 Å². The summed E-state index contributed by atoms with van der Waals surface area (Å²) in [6.07, 6.45) is 0. The van der Waals surface area contributed by atoms with Crippen LogP contribution in [0, 0.1) is 20.8 Å². The number of ether oxygens (including phenoxy) is 1. The number of amidine groups is 1. The van der Waals surface area contributed by atoms with Gasteiger partial charge in [0.1, 0.15) is 12.4 Å². The Morgan fingerprint density at radius 2 is 1.67 bits per heavy atom. The number of rotatable bonds is 4. The number of nitrogens with zero attached hydrogens (tertiary/aromatic N) is 1. The molecular formula is C17H20N2O2. The number of hydrogen-bond acceptors (Lipinski definition) is 3. The Labute approximate surface area is 124 Å². The summed E-state index contributed by atoms with van der Waals surface area (Å²) in [6, 6.07) is 11.5. The van der Waals surface area contributed by atoms with Crippen LogP contribution in [0.2, 0.25) is 0 Å². The lowest BCUT2D eigenvalue weighted by atomic mass is 10.0. The number of aryl methyl sites for hydroxylation is 3. The molecule has 0 heterocycles. The zero-order valence-corrected chi connectivity index (χ0v) is 12.6. The van der Waals surface area contributed by atoms with Crippen LogP contribution in [0.3, 0.4) is 0 Å². The number of nitrogens with two attached hydrogens (primary N) is 1. The molecular weight excluding hydrogens is 264 g/mol. The summed E-state index contributed by atoms with van der Waals surface area (Å²) >= 11 is 0. The fourth-order valence-electron chi connectivity index (χ4n) is 2.37. The highest BCUT2D eigenvalue weighted by atomic mass is 16.5. The minimum atomic E-state index is 0.0896. The van der Waals surface area contributed by atoms with Crippen LogP contribution in [0.5, 0.6) is 5.75 Å². The van der Waals surface area contributed by atoms with Gasteiger partial charge in [-0.2, -0.15) is 0 Å². The molecule has 0 amide bonds. The van der Waals surface area contributed by atoms with Crippen molar-refractivity contribution in [1.29, 1.82) is 0 Å². The monoisotopic (exact) mass is 284 g/mol. The second-order valence-electron chi connectivity index (χ2n) is 5.18. The van der Waals surface area contributed by atoms with Crippen molar-refractivity contribution in [3.63, 3.8) is 0 Å². The van der Waals surface area contributed by atoms with Gasteiger partial charge in [-0.1, -0.05) is 22.9 Å². The van der Waals surface area contributed by atoms with Gasteiger partial charge < -0.3 is 15.7 Å². The Morgan fingerprint density at radius 3 is 2.19 bits per heavy atom. The van der Waals surface area contributed by atoms with E-state index in [4.69, 9.17) is 15.7 Å². The maximum Gasteiger partial charge on any atom is 0.170 e. The molecule has 21 heavy (non-hydrogen) atoms. The van der Waals surface area contributed by atoms with E-state index in [1.807, 2.05) is 12.1 Å². The number of oxime groups is 1. The Kier molecular flexibility index (Phi) is 4.48. The third-order valence-electron chi connectivity index (χ3n) is 3.48. The van der Waals surface area contributed by atoms with Gasteiger partial charge in [-0.15, -0.1) is 0 Å². The zero-order valence-electron chi connectivity index (χ0n) is 12.6. The fourth-order valence-corrected chi connectivity index (χ4v) is 2.37. The van der Waals surface area contributed by atoms with Crippen molar-refractivity contribution in [3.8, 4) is 5.75 Å². The van der Waals surface area contributed by atoms with Crippen molar-refractivity contribution in [1.82, 2.24) is 0 Å². The summed E-state index contributed by atoms with van der Waals surface area (Å²) in [5.41, 5.74) is 11.1. The molecule has 0 bridgehead atoms. The highest BCUT2D eigenvalue weighted by Crippen LogP contribution is 2.20. The number of benzene rings is 2. The standard InChI is InChI=1S/C17H20N2O2/c1-11-8-12(2)16(13(3)9-11)10-21-15-6-4-14(5-7-15)17(18)19-20/h4-9,20H,10H2,1-3H3,(H2,18,19). The van der Waals surface area contributed by atoms with E-state index in [9.17, 15) is 0 Å². The van der Waals surface area contributed by atoms with Crippen LogP contribution in [-0.4, -0.2) is 11.0 Å². The van der Waals surface area contributed by atoms with Crippen LogP contribution in [0.4, 0.5) is 0 Å². The Bertz CT molecular complexity index is 638. The lowest BCUT2D eigenvalue weighted by Gasteiger charge is -2.13. The number of hydrogen-bond donors (Lipinski definition) is 2. The molecule has 0 fully saturated rings. The Hall–Kier alpha value is -2.49. The highest BCUT2D eigenvalue weighted by molar-refractivity contribution is 5.97. The van der Waals surface area contributed by atoms with E-state index in [0.717, 1.165) is 5.75 Å². The molecule has 0 saturated carbocycles. The molecule has 4 heteroatoms. The first-order chi connectivity index (χ1) is 10.0. The molecule has 0 spiro atoms. The van der Waals surface area contributed by atoms with Crippen LogP contribution in [0.15, 0.2) is 41.6 Å². The molecule has 0 aromatic heterocycles. The smallest absolute Gasteiger partial charge is 0.170 e. The van der Waals surface area contributed by atoms with E-state index in [2.05, 4.69) is 38.1 Å². The third kappa shape index (κ3) is 3.54. The first kappa shape index (κ1) is 14.9. The Morgan fingerprint density at radius 1 is 1.10 bits per heavy atom. The van der Waals surface area contributed by atoms with Gasteiger partial charge in [-0.05, 0) is 61.7 Å². The summed E-state index contributed by atoms with van der Waals surface area (Å²) in [7, 11) is 0. The second-order valence-corrected chi connectivity index (χ2v) is 5.18. The molecule has 0 unspecified atom stereocenters. The summed E-state index contributed by atoms with van der Waals surface area (Å²) in [5.74, 6) is 0.843. The van der Waals surface area contributed by atoms with E-state index in [-0.39, 0.29) is 5.84 Å².